The molecule has 2 aromatic rings. The third-order valence-electron chi connectivity index (χ3n) is 3.51. The fraction of sp³-hybridized carbons (Fsp3) is 0.278. The molecule has 1 unspecified atom stereocenters. The van der Waals surface area contributed by atoms with Crippen molar-refractivity contribution in [3.05, 3.63) is 69.7 Å². The Morgan fingerprint density at radius 2 is 1.50 bits per heavy atom. The van der Waals surface area contributed by atoms with Crippen molar-refractivity contribution in [3.63, 3.8) is 0 Å². The van der Waals surface area contributed by atoms with Crippen molar-refractivity contribution >= 4 is 15.9 Å². The number of nitrogens with zero attached hydrogens (tertiary/aromatic N) is 1. The number of benzene rings is 2. The predicted molar refractivity (Wildman–Crippen MR) is 86.7 cm³/mol. The fourth-order valence-corrected chi connectivity index (χ4v) is 2.47. The second-order valence-electron chi connectivity index (χ2n) is 5.33. The standard InChI is InChI=1S/C18H18BrN/c1-13(2)15-5-3-14(4-6-15)11-17(12-20)16-7-9-18(19)10-8-16/h3-10,13,17H,11H2,1-2H3. The van der Waals surface area contributed by atoms with Gasteiger partial charge in [-0.1, -0.05) is 66.2 Å². The molecule has 2 rings (SSSR count). The number of hydrogen-bond donors (Lipinski definition) is 0. The van der Waals surface area contributed by atoms with Crippen molar-refractivity contribution in [1.82, 2.24) is 0 Å². The van der Waals surface area contributed by atoms with E-state index in [0.717, 1.165) is 16.5 Å². The molecule has 0 N–H and O–H groups in total. The van der Waals surface area contributed by atoms with Gasteiger partial charge < -0.3 is 0 Å². The van der Waals surface area contributed by atoms with E-state index < -0.39 is 0 Å². The molecular weight excluding hydrogens is 310 g/mol. The molecule has 0 spiro atoms. The summed E-state index contributed by atoms with van der Waals surface area (Å²) in [5.74, 6) is 0.454. The van der Waals surface area contributed by atoms with Gasteiger partial charge >= 0.3 is 0 Å². The number of halogens is 1. The first-order valence-corrected chi connectivity index (χ1v) is 7.63. The zero-order valence-corrected chi connectivity index (χ0v) is 13.4. The third kappa shape index (κ3) is 3.71. The summed E-state index contributed by atoms with van der Waals surface area (Å²) in [7, 11) is 0. The minimum absolute atomic E-state index is 0.0898. The summed E-state index contributed by atoms with van der Waals surface area (Å²) in [6.07, 6.45) is 0.760. The van der Waals surface area contributed by atoms with Gasteiger partial charge in [0.05, 0.1) is 12.0 Å². The molecule has 20 heavy (non-hydrogen) atoms. The summed E-state index contributed by atoms with van der Waals surface area (Å²) >= 11 is 3.42. The molecule has 2 aromatic carbocycles. The molecule has 0 bridgehead atoms. The van der Waals surface area contributed by atoms with Gasteiger partial charge in [-0.15, -0.1) is 0 Å². The SMILES string of the molecule is CC(C)c1ccc(CC(C#N)c2ccc(Br)cc2)cc1. The van der Waals surface area contributed by atoms with Crippen LogP contribution >= 0.6 is 15.9 Å². The Morgan fingerprint density at radius 1 is 0.950 bits per heavy atom. The van der Waals surface area contributed by atoms with Crippen molar-refractivity contribution in [2.75, 3.05) is 0 Å². The Labute approximate surface area is 129 Å². The molecule has 0 saturated carbocycles. The van der Waals surface area contributed by atoms with Crippen LogP contribution in [0.25, 0.3) is 0 Å². The molecule has 0 radical (unpaired) electrons. The molecule has 2 heteroatoms. The van der Waals surface area contributed by atoms with Crippen molar-refractivity contribution < 1.29 is 0 Å². The average molecular weight is 328 g/mol. The first-order chi connectivity index (χ1) is 9.60. The Hall–Kier alpha value is -1.59. The van der Waals surface area contributed by atoms with Crippen molar-refractivity contribution in [2.45, 2.75) is 32.1 Å². The van der Waals surface area contributed by atoms with Crippen LogP contribution in [-0.4, -0.2) is 0 Å². The lowest BCUT2D eigenvalue weighted by atomic mass is 9.92. The lowest BCUT2D eigenvalue weighted by Crippen LogP contribution is -2.00. The second-order valence-corrected chi connectivity index (χ2v) is 6.25. The van der Waals surface area contributed by atoms with Crippen LogP contribution < -0.4 is 0 Å². The Morgan fingerprint density at radius 3 is 2.00 bits per heavy atom. The Bertz CT molecular complexity index is 591. The monoisotopic (exact) mass is 327 g/mol. The molecule has 0 aliphatic carbocycles. The van der Waals surface area contributed by atoms with Crippen LogP contribution in [0.15, 0.2) is 53.0 Å². The van der Waals surface area contributed by atoms with E-state index in [1.165, 1.54) is 11.1 Å². The van der Waals surface area contributed by atoms with E-state index >= 15 is 0 Å². The van der Waals surface area contributed by atoms with E-state index in [-0.39, 0.29) is 5.92 Å². The van der Waals surface area contributed by atoms with Crippen LogP contribution in [-0.2, 0) is 6.42 Å². The first kappa shape index (κ1) is 14.8. The molecule has 0 aliphatic rings. The number of nitriles is 1. The zero-order valence-electron chi connectivity index (χ0n) is 11.8. The molecule has 0 heterocycles. The summed E-state index contributed by atoms with van der Waals surface area (Å²) < 4.78 is 1.04. The minimum atomic E-state index is -0.0898. The van der Waals surface area contributed by atoms with Gasteiger partial charge in [0.15, 0.2) is 0 Å². The van der Waals surface area contributed by atoms with Crippen molar-refractivity contribution in [2.24, 2.45) is 0 Å². The average Bonchev–Trinajstić information content (AvgIpc) is 2.46. The van der Waals surface area contributed by atoms with Crippen LogP contribution in [0.3, 0.4) is 0 Å². The van der Waals surface area contributed by atoms with E-state index in [9.17, 15) is 5.26 Å². The maximum absolute atomic E-state index is 9.39. The molecule has 1 atom stereocenters. The van der Waals surface area contributed by atoms with Gasteiger partial charge in [-0.25, -0.2) is 0 Å². The highest BCUT2D eigenvalue weighted by Crippen LogP contribution is 2.23. The summed E-state index contributed by atoms with van der Waals surface area (Å²) in [5, 5.41) is 9.39. The predicted octanol–water partition coefficient (Wildman–Crippen LogP) is 5.42. The minimum Gasteiger partial charge on any atom is -0.198 e. The van der Waals surface area contributed by atoms with E-state index in [2.05, 4.69) is 60.1 Å². The van der Waals surface area contributed by atoms with Crippen LogP contribution in [0.2, 0.25) is 0 Å². The zero-order chi connectivity index (χ0) is 14.5. The lowest BCUT2D eigenvalue weighted by molar-refractivity contribution is 0.838. The summed E-state index contributed by atoms with van der Waals surface area (Å²) in [6, 6.07) is 19.0. The maximum Gasteiger partial charge on any atom is 0.0753 e. The molecule has 0 saturated heterocycles. The lowest BCUT2D eigenvalue weighted by Gasteiger charge is -2.11. The van der Waals surface area contributed by atoms with Crippen LogP contribution in [0, 0.1) is 11.3 Å². The maximum atomic E-state index is 9.39. The summed E-state index contributed by atoms with van der Waals surface area (Å²) in [5.41, 5.74) is 3.62. The van der Waals surface area contributed by atoms with Gasteiger partial charge in [0, 0.05) is 4.47 Å². The number of rotatable bonds is 4. The van der Waals surface area contributed by atoms with Crippen LogP contribution in [0.5, 0.6) is 0 Å². The Balaban J connectivity index is 2.14. The highest BCUT2D eigenvalue weighted by Gasteiger charge is 2.11. The van der Waals surface area contributed by atoms with E-state index in [4.69, 9.17) is 0 Å². The smallest absolute Gasteiger partial charge is 0.0753 e. The molecule has 0 aromatic heterocycles. The molecule has 102 valence electrons. The van der Waals surface area contributed by atoms with Crippen molar-refractivity contribution in [3.8, 4) is 6.07 Å². The van der Waals surface area contributed by atoms with Crippen LogP contribution in [0.1, 0.15) is 42.4 Å². The highest BCUT2D eigenvalue weighted by atomic mass is 79.9. The van der Waals surface area contributed by atoms with Gasteiger partial charge in [-0.05, 0) is 41.2 Å². The van der Waals surface area contributed by atoms with Gasteiger partial charge in [0.25, 0.3) is 0 Å². The van der Waals surface area contributed by atoms with E-state index in [1.54, 1.807) is 0 Å². The normalized spacial score (nSPS) is 12.2. The van der Waals surface area contributed by atoms with Gasteiger partial charge in [-0.3, -0.25) is 0 Å². The fourth-order valence-electron chi connectivity index (χ4n) is 2.21. The molecule has 1 nitrogen and oxygen atoms in total. The second kappa shape index (κ2) is 6.72. The first-order valence-electron chi connectivity index (χ1n) is 6.84. The van der Waals surface area contributed by atoms with Crippen molar-refractivity contribution in [1.29, 1.82) is 5.26 Å². The van der Waals surface area contributed by atoms with Gasteiger partial charge in [0.2, 0.25) is 0 Å². The largest absolute Gasteiger partial charge is 0.198 e. The van der Waals surface area contributed by atoms with E-state index in [1.807, 2.05) is 24.3 Å². The molecular formula is C18H18BrN. The van der Waals surface area contributed by atoms with Crippen LogP contribution in [0.4, 0.5) is 0 Å². The highest BCUT2D eigenvalue weighted by molar-refractivity contribution is 9.10. The summed E-state index contributed by atoms with van der Waals surface area (Å²) in [4.78, 5) is 0. The Kier molecular flexibility index (Phi) is 4.98. The quantitative estimate of drug-likeness (QED) is 0.735. The third-order valence-corrected chi connectivity index (χ3v) is 4.04. The molecule has 0 aliphatic heterocycles. The number of hydrogen-bond acceptors (Lipinski definition) is 1. The van der Waals surface area contributed by atoms with E-state index in [0.29, 0.717) is 5.92 Å². The summed E-state index contributed by atoms with van der Waals surface area (Å²) in [6.45, 7) is 4.38. The van der Waals surface area contributed by atoms with Gasteiger partial charge in [-0.2, -0.15) is 5.26 Å². The van der Waals surface area contributed by atoms with Gasteiger partial charge in [0.1, 0.15) is 0 Å². The molecule has 0 amide bonds. The topological polar surface area (TPSA) is 23.8 Å². The molecule has 0 fully saturated rings.